The summed E-state index contributed by atoms with van der Waals surface area (Å²) in [6.45, 7) is 10.1. The molecule has 1 saturated heterocycles. The van der Waals surface area contributed by atoms with E-state index in [9.17, 15) is 4.79 Å². The molecule has 0 aliphatic carbocycles. The molecule has 1 aliphatic rings. The molecule has 2 aromatic rings. The van der Waals surface area contributed by atoms with Crippen molar-refractivity contribution in [3.8, 4) is 0 Å². The molecule has 0 radical (unpaired) electrons. The summed E-state index contributed by atoms with van der Waals surface area (Å²) in [5.74, 6) is 0. The summed E-state index contributed by atoms with van der Waals surface area (Å²) in [7, 11) is 0. The lowest BCUT2D eigenvalue weighted by molar-refractivity contribution is -0.138. The Morgan fingerprint density at radius 1 is 1.32 bits per heavy atom. The molecule has 0 atom stereocenters. The predicted molar refractivity (Wildman–Crippen MR) is 102 cm³/mol. The van der Waals surface area contributed by atoms with E-state index >= 15 is 0 Å². The van der Waals surface area contributed by atoms with Gasteiger partial charge < -0.3 is 15.0 Å². The van der Waals surface area contributed by atoms with Crippen molar-refractivity contribution in [3.05, 3.63) is 30.7 Å². The number of aromatic nitrogens is 2. The Morgan fingerprint density at radius 3 is 2.64 bits per heavy atom. The van der Waals surface area contributed by atoms with Gasteiger partial charge in [-0.3, -0.25) is 9.78 Å². The number of ether oxygens (including phenoxy) is 1. The maximum Gasteiger partial charge on any atom is 0.293 e. The lowest BCUT2D eigenvalue weighted by atomic mass is 10.2. The third kappa shape index (κ3) is 7.41. The maximum absolute atomic E-state index is 9.60. The second-order valence-corrected chi connectivity index (χ2v) is 8.70. The average Bonchev–Trinajstić information content (AvgIpc) is 3.05. The number of carbonyl (C=O) groups excluding carboxylic acids is 1. The van der Waals surface area contributed by atoms with Crippen LogP contribution >= 0.6 is 23.1 Å². The predicted octanol–water partition coefficient (Wildman–Crippen LogP) is 3.06. The van der Waals surface area contributed by atoms with Crippen LogP contribution in [0.4, 0.5) is 5.13 Å². The molecule has 25 heavy (non-hydrogen) atoms. The molecule has 3 heterocycles. The van der Waals surface area contributed by atoms with Crippen LogP contribution in [0.2, 0.25) is 0 Å². The molecule has 0 spiro atoms. The van der Waals surface area contributed by atoms with Gasteiger partial charge in [0, 0.05) is 43.5 Å². The smallest absolute Gasteiger partial charge is 0.293 e. The molecular weight excluding hydrogens is 356 g/mol. The number of pyridine rings is 1. The van der Waals surface area contributed by atoms with Crippen LogP contribution in [0.25, 0.3) is 0 Å². The number of carbonyl (C=O) groups is 1. The van der Waals surface area contributed by atoms with E-state index in [-0.39, 0.29) is 5.60 Å². The molecule has 1 N–H and O–H groups in total. The van der Waals surface area contributed by atoms with Gasteiger partial charge in [-0.05, 0) is 32.9 Å². The van der Waals surface area contributed by atoms with E-state index in [2.05, 4.69) is 31.0 Å². The van der Waals surface area contributed by atoms with Gasteiger partial charge in [0.05, 0.1) is 10.4 Å². The molecule has 0 amide bonds. The van der Waals surface area contributed by atoms with Gasteiger partial charge >= 0.3 is 0 Å². The molecule has 0 bridgehead atoms. The van der Waals surface area contributed by atoms with Gasteiger partial charge in [0.2, 0.25) is 0 Å². The number of piperazine rings is 1. The van der Waals surface area contributed by atoms with Crippen molar-refractivity contribution in [2.75, 3.05) is 31.1 Å². The first-order chi connectivity index (χ1) is 12.0. The van der Waals surface area contributed by atoms with Crippen LogP contribution in [0.1, 0.15) is 20.8 Å². The molecule has 1 fully saturated rings. The van der Waals surface area contributed by atoms with E-state index in [0.717, 1.165) is 36.2 Å². The largest absolute Gasteiger partial charge is 0.462 e. The third-order valence-corrected chi connectivity index (χ3v) is 5.25. The summed E-state index contributed by atoms with van der Waals surface area (Å²) in [4.78, 5) is 21.7. The van der Waals surface area contributed by atoms with Crippen LogP contribution in [0.5, 0.6) is 0 Å². The normalized spacial score (nSPS) is 14.4. The molecule has 2 aromatic heterocycles. The first kappa shape index (κ1) is 19.7. The number of anilines is 1. The van der Waals surface area contributed by atoms with Crippen molar-refractivity contribution in [2.24, 2.45) is 0 Å². The fourth-order valence-electron chi connectivity index (χ4n) is 1.97. The van der Waals surface area contributed by atoms with E-state index < -0.39 is 0 Å². The first-order valence-corrected chi connectivity index (χ1v) is 9.72. The Labute approximate surface area is 157 Å². The Kier molecular flexibility index (Phi) is 7.67. The highest BCUT2D eigenvalue weighted by atomic mass is 32.2. The van der Waals surface area contributed by atoms with Gasteiger partial charge in [-0.2, -0.15) is 0 Å². The fourth-order valence-corrected chi connectivity index (χ4v) is 3.95. The zero-order valence-electron chi connectivity index (χ0n) is 14.8. The van der Waals surface area contributed by atoms with Crippen LogP contribution in [0.3, 0.4) is 0 Å². The minimum atomic E-state index is -0.318. The van der Waals surface area contributed by atoms with Gasteiger partial charge in [-0.1, -0.05) is 23.1 Å². The quantitative estimate of drug-likeness (QED) is 0.818. The standard InChI is InChI=1S/C12H14N4S2.C5H10O2/c1-2-10(8-14-3-1)17-11-9-15-12(18-11)16-6-4-13-5-7-16;1-5(2,3)7-4-6/h1-3,8-9,13H,4-7H2;4H,1-3H3. The van der Waals surface area contributed by atoms with Gasteiger partial charge in [-0.25, -0.2) is 4.98 Å². The number of thiazole rings is 1. The fraction of sp³-hybridized carbons (Fsp3) is 0.471. The highest BCUT2D eigenvalue weighted by Gasteiger charge is 2.14. The van der Waals surface area contributed by atoms with E-state index in [1.54, 1.807) is 29.3 Å². The molecule has 0 saturated carbocycles. The van der Waals surface area contributed by atoms with Crippen LogP contribution < -0.4 is 10.2 Å². The minimum absolute atomic E-state index is 0.318. The van der Waals surface area contributed by atoms with E-state index in [1.165, 1.54) is 4.21 Å². The number of rotatable bonds is 4. The molecule has 6 nitrogen and oxygen atoms in total. The number of hydrogen-bond acceptors (Lipinski definition) is 8. The average molecular weight is 381 g/mol. The van der Waals surface area contributed by atoms with Crippen LogP contribution in [0, 0.1) is 0 Å². The van der Waals surface area contributed by atoms with Crippen LogP contribution in [0.15, 0.2) is 39.8 Å². The molecule has 8 heteroatoms. The molecule has 1 aliphatic heterocycles. The number of hydrogen-bond donors (Lipinski definition) is 1. The monoisotopic (exact) mass is 380 g/mol. The van der Waals surface area contributed by atoms with E-state index in [4.69, 9.17) is 0 Å². The number of nitrogens with zero attached hydrogens (tertiary/aromatic N) is 3. The van der Waals surface area contributed by atoms with Gasteiger partial charge in [0.1, 0.15) is 5.60 Å². The highest BCUT2D eigenvalue weighted by Crippen LogP contribution is 2.34. The SMILES string of the molecule is CC(C)(C)OC=O.c1cncc(Sc2cnc(N3CCNCC3)s2)c1. The van der Waals surface area contributed by atoms with Crippen molar-refractivity contribution in [1.82, 2.24) is 15.3 Å². The summed E-state index contributed by atoms with van der Waals surface area (Å²) in [5.41, 5.74) is -0.318. The van der Waals surface area contributed by atoms with E-state index in [1.807, 2.05) is 39.2 Å². The Morgan fingerprint density at radius 2 is 2.08 bits per heavy atom. The molecule has 0 aromatic carbocycles. The van der Waals surface area contributed by atoms with Crippen molar-refractivity contribution in [2.45, 2.75) is 35.5 Å². The van der Waals surface area contributed by atoms with Crippen molar-refractivity contribution >= 4 is 34.7 Å². The molecule has 0 unspecified atom stereocenters. The Hall–Kier alpha value is -1.64. The van der Waals surface area contributed by atoms with E-state index in [0.29, 0.717) is 6.47 Å². The Bertz CT molecular complexity index is 638. The summed E-state index contributed by atoms with van der Waals surface area (Å²) in [5, 5.41) is 4.48. The summed E-state index contributed by atoms with van der Waals surface area (Å²) < 4.78 is 5.77. The molecular formula is C17H24N4O2S2. The van der Waals surface area contributed by atoms with Crippen LogP contribution in [-0.2, 0) is 9.53 Å². The minimum Gasteiger partial charge on any atom is -0.462 e. The van der Waals surface area contributed by atoms with Crippen molar-refractivity contribution in [1.29, 1.82) is 0 Å². The second kappa shape index (κ2) is 9.74. The molecule has 3 rings (SSSR count). The zero-order chi connectivity index (χ0) is 18.1. The Balaban J connectivity index is 0.000000277. The summed E-state index contributed by atoms with van der Waals surface area (Å²) >= 11 is 3.48. The third-order valence-electron chi connectivity index (χ3n) is 3.11. The second-order valence-electron chi connectivity index (χ2n) is 6.32. The van der Waals surface area contributed by atoms with Gasteiger partial charge in [-0.15, -0.1) is 0 Å². The lowest BCUT2D eigenvalue weighted by Crippen LogP contribution is -2.43. The van der Waals surface area contributed by atoms with Crippen molar-refractivity contribution < 1.29 is 9.53 Å². The van der Waals surface area contributed by atoms with Crippen LogP contribution in [-0.4, -0.2) is 48.2 Å². The van der Waals surface area contributed by atoms with Gasteiger partial charge in [0.25, 0.3) is 6.47 Å². The molecule has 136 valence electrons. The highest BCUT2D eigenvalue weighted by molar-refractivity contribution is 8.01. The first-order valence-electron chi connectivity index (χ1n) is 8.09. The topological polar surface area (TPSA) is 67.3 Å². The zero-order valence-corrected chi connectivity index (χ0v) is 16.4. The van der Waals surface area contributed by atoms with Gasteiger partial charge in [0.15, 0.2) is 5.13 Å². The number of nitrogens with one attached hydrogen (secondary N) is 1. The van der Waals surface area contributed by atoms with Crippen molar-refractivity contribution in [3.63, 3.8) is 0 Å². The maximum atomic E-state index is 9.60. The summed E-state index contributed by atoms with van der Waals surface area (Å²) in [6, 6.07) is 4.03. The summed E-state index contributed by atoms with van der Waals surface area (Å²) in [6.07, 6.45) is 5.64. The lowest BCUT2D eigenvalue weighted by Gasteiger charge is -2.26.